The van der Waals surface area contributed by atoms with E-state index in [1.54, 1.807) is 0 Å². The van der Waals surface area contributed by atoms with E-state index in [0.717, 1.165) is 102 Å². The van der Waals surface area contributed by atoms with Crippen molar-refractivity contribution < 1.29 is 80.2 Å². The normalized spacial score (nSPS) is 13.7. The summed E-state index contributed by atoms with van der Waals surface area (Å²) in [4.78, 5) is 73.5. The predicted octanol–water partition coefficient (Wildman–Crippen LogP) is 30.1. The maximum atomic E-state index is 13.2. The molecule has 0 saturated carbocycles. The molecule has 0 aliphatic heterocycles. The second-order valence-corrected chi connectivity index (χ2v) is 38.3. The van der Waals surface area contributed by atoms with Crippen molar-refractivity contribution in [3.05, 3.63) is 0 Å². The first-order valence-electron chi connectivity index (χ1n) is 49.5. The van der Waals surface area contributed by atoms with E-state index in [0.29, 0.717) is 31.6 Å². The molecule has 0 heterocycles. The standard InChI is InChI=1S/C96H188O17P2/c1-7-9-11-13-15-17-19-21-23-25-27-29-31-33-38-42-46-50-54-60-66-72-78-93(98)106-84-91(112-95(100)80-74-68-61-55-51-47-43-39-34-32-30-28-26-24-22-20-18-16-14-12-10-8-2)86-110-114(102,103)108-82-90(97)83-109-115(104,105)111-87-92(85-107-94(99)79-73-67-63-57-59-65-71-77-89(5)6)113-96(101)81-75-69-62-56-52-48-44-40-36-35-37-41-45-49-53-58-64-70-76-88(3)4/h88-92,97H,7-87H2,1-6H3,(H,102,103)(H,104,105)/t90-,91-,92-/m1/s1. The van der Waals surface area contributed by atoms with Crippen molar-refractivity contribution in [3.63, 3.8) is 0 Å². The highest BCUT2D eigenvalue weighted by Crippen LogP contribution is 2.45. The van der Waals surface area contributed by atoms with Gasteiger partial charge in [-0.1, -0.05) is 472 Å². The van der Waals surface area contributed by atoms with Gasteiger partial charge in [0.25, 0.3) is 0 Å². The van der Waals surface area contributed by atoms with Gasteiger partial charge in [-0.15, -0.1) is 0 Å². The average Bonchev–Trinajstić information content (AvgIpc) is 0.864. The van der Waals surface area contributed by atoms with Gasteiger partial charge in [0, 0.05) is 25.7 Å². The molecule has 0 fully saturated rings. The van der Waals surface area contributed by atoms with Crippen molar-refractivity contribution in [1.29, 1.82) is 0 Å². The smallest absolute Gasteiger partial charge is 0.462 e. The van der Waals surface area contributed by atoms with Gasteiger partial charge < -0.3 is 33.8 Å². The molecule has 0 rings (SSSR count). The maximum absolute atomic E-state index is 13.2. The second-order valence-electron chi connectivity index (χ2n) is 35.4. The highest BCUT2D eigenvalue weighted by Gasteiger charge is 2.31. The Morgan fingerprint density at radius 1 is 0.235 bits per heavy atom. The SMILES string of the molecule is CCCCCCCCCCCCCCCCCCCCCCCCC(=O)OC[C@H](COP(=O)(O)OC[C@@H](O)COP(=O)(O)OC[C@@H](COC(=O)CCCCCCCCCC(C)C)OC(=O)CCCCCCCCCCCCCCCCCCCCC(C)C)OC(=O)CCCCCCCCCCCCCCCCCCCCCCCC. The van der Waals surface area contributed by atoms with Gasteiger partial charge in [-0.05, 0) is 37.5 Å². The maximum Gasteiger partial charge on any atom is 0.472 e. The van der Waals surface area contributed by atoms with Crippen LogP contribution in [0.4, 0.5) is 0 Å². The van der Waals surface area contributed by atoms with Crippen LogP contribution in [-0.4, -0.2) is 96.7 Å². The summed E-state index contributed by atoms with van der Waals surface area (Å²) in [7, 11) is -9.94. The molecule has 684 valence electrons. The number of hydrogen-bond donors (Lipinski definition) is 3. The van der Waals surface area contributed by atoms with Crippen LogP contribution in [-0.2, 0) is 65.4 Å². The summed E-state index contributed by atoms with van der Waals surface area (Å²) in [6.07, 6.45) is 83.8. The van der Waals surface area contributed by atoms with Crippen LogP contribution in [0.25, 0.3) is 0 Å². The molecule has 2 unspecified atom stereocenters. The fourth-order valence-corrected chi connectivity index (χ4v) is 16.8. The van der Waals surface area contributed by atoms with E-state index in [9.17, 15) is 43.2 Å². The number of carbonyl (C=O) groups excluding carboxylic acids is 4. The van der Waals surface area contributed by atoms with Crippen LogP contribution in [0.3, 0.4) is 0 Å². The van der Waals surface area contributed by atoms with E-state index in [4.69, 9.17) is 37.0 Å². The number of unbranched alkanes of at least 4 members (excludes halogenated alkanes) is 65. The number of ether oxygens (including phenoxy) is 4. The zero-order valence-electron chi connectivity index (χ0n) is 76.1. The molecule has 0 aromatic heterocycles. The molecule has 0 aromatic rings. The molecule has 0 aliphatic rings. The Bertz CT molecular complexity index is 2190. The number of esters is 4. The lowest BCUT2D eigenvalue weighted by molar-refractivity contribution is -0.161. The lowest BCUT2D eigenvalue weighted by atomic mass is 10.0. The zero-order chi connectivity index (χ0) is 84.1. The van der Waals surface area contributed by atoms with Crippen molar-refractivity contribution in [3.8, 4) is 0 Å². The molecular formula is C96H188O17P2. The predicted molar refractivity (Wildman–Crippen MR) is 478 cm³/mol. The number of hydrogen-bond acceptors (Lipinski definition) is 15. The minimum Gasteiger partial charge on any atom is -0.462 e. The van der Waals surface area contributed by atoms with Gasteiger partial charge in [0.15, 0.2) is 12.2 Å². The molecule has 17 nitrogen and oxygen atoms in total. The van der Waals surface area contributed by atoms with E-state index in [1.165, 1.54) is 334 Å². The van der Waals surface area contributed by atoms with Gasteiger partial charge in [0.1, 0.15) is 19.3 Å². The Hall–Kier alpha value is -1.94. The van der Waals surface area contributed by atoms with Crippen LogP contribution >= 0.6 is 15.6 Å². The Kier molecular flexibility index (Phi) is 85.5. The first-order valence-corrected chi connectivity index (χ1v) is 52.5. The van der Waals surface area contributed by atoms with Gasteiger partial charge in [-0.25, -0.2) is 9.13 Å². The third-order valence-electron chi connectivity index (χ3n) is 22.7. The summed E-state index contributed by atoms with van der Waals surface area (Å²) >= 11 is 0. The summed E-state index contributed by atoms with van der Waals surface area (Å²) in [5.41, 5.74) is 0. The number of rotatable bonds is 95. The molecule has 19 heteroatoms. The number of phosphoric ester groups is 2. The minimum absolute atomic E-state index is 0.108. The molecule has 0 amide bonds. The van der Waals surface area contributed by atoms with Gasteiger partial charge in [0.2, 0.25) is 0 Å². The number of aliphatic hydroxyl groups excluding tert-OH is 1. The summed E-state index contributed by atoms with van der Waals surface area (Å²) in [5, 5.41) is 10.7. The Morgan fingerprint density at radius 2 is 0.400 bits per heavy atom. The monoisotopic (exact) mass is 1680 g/mol. The van der Waals surface area contributed by atoms with Gasteiger partial charge in [-0.2, -0.15) is 0 Å². The third kappa shape index (κ3) is 89.6. The molecule has 0 radical (unpaired) electrons. The fourth-order valence-electron chi connectivity index (χ4n) is 15.2. The van der Waals surface area contributed by atoms with Crippen LogP contribution in [0.15, 0.2) is 0 Å². The lowest BCUT2D eigenvalue weighted by Gasteiger charge is -2.21. The molecule has 115 heavy (non-hydrogen) atoms. The molecular weight excluding hydrogens is 1490 g/mol. The molecule has 0 aliphatic carbocycles. The van der Waals surface area contributed by atoms with E-state index in [2.05, 4.69) is 41.5 Å². The highest BCUT2D eigenvalue weighted by molar-refractivity contribution is 7.47. The summed E-state index contributed by atoms with van der Waals surface area (Å²) in [5.74, 6) is -0.569. The molecule has 3 N–H and O–H groups in total. The topological polar surface area (TPSA) is 237 Å². The van der Waals surface area contributed by atoms with Crippen molar-refractivity contribution in [2.75, 3.05) is 39.6 Å². The Labute approximate surface area is 708 Å². The van der Waals surface area contributed by atoms with Crippen molar-refractivity contribution >= 4 is 39.5 Å². The summed E-state index contributed by atoms with van der Waals surface area (Å²) in [6, 6.07) is 0. The van der Waals surface area contributed by atoms with E-state index in [-0.39, 0.29) is 25.7 Å². The van der Waals surface area contributed by atoms with Crippen LogP contribution < -0.4 is 0 Å². The molecule has 0 aromatic carbocycles. The first-order chi connectivity index (χ1) is 55.9. The minimum atomic E-state index is -4.97. The Morgan fingerprint density at radius 3 is 0.591 bits per heavy atom. The molecule has 0 saturated heterocycles. The molecule has 5 atom stereocenters. The first kappa shape index (κ1) is 113. The number of phosphoric acid groups is 2. The van der Waals surface area contributed by atoms with Crippen molar-refractivity contribution in [2.24, 2.45) is 11.8 Å². The number of carbonyl (C=O) groups is 4. The zero-order valence-corrected chi connectivity index (χ0v) is 77.9. The lowest BCUT2D eigenvalue weighted by Crippen LogP contribution is -2.30. The largest absolute Gasteiger partial charge is 0.472 e. The van der Waals surface area contributed by atoms with Gasteiger partial charge in [-0.3, -0.25) is 37.3 Å². The van der Waals surface area contributed by atoms with Crippen LogP contribution in [0, 0.1) is 11.8 Å². The fraction of sp³-hybridized carbons (Fsp3) is 0.958. The Balaban J connectivity index is 5.19. The number of aliphatic hydroxyl groups is 1. The van der Waals surface area contributed by atoms with Crippen LogP contribution in [0.1, 0.15) is 523 Å². The quantitative estimate of drug-likeness (QED) is 0.0222. The molecule has 0 bridgehead atoms. The van der Waals surface area contributed by atoms with Gasteiger partial charge in [0.05, 0.1) is 26.4 Å². The van der Waals surface area contributed by atoms with Crippen LogP contribution in [0.2, 0.25) is 0 Å². The van der Waals surface area contributed by atoms with Gasteiger partial charge >= 0.3 is 39.5 Å². The third-order valence-corrected chi connectivity index (χ3v) is 24.6. The van der Waals surface area contributed by atoms with E-state index in [1.807, 2.05) is 0 Å². The summed E-state index contributed by atoms with van der Waals surface area (Å²) in [6.45, 7) is 9.70. The summed E-state index contributed by atoms with van der Waals surface area (Å²) < 4.78 is 69.2. The average molecular weight is 1680 g/mol. The van der Waals surface area contributed by atoms with E-state index < -0.39 is 97.5 Å². The molecule has 0 spiro atoms. The van der Waals surface area contributed by atoms with Crippen molar-refractivity contribution in [2.45, 2.75) is 541 Å². The second kappa shape index (κ2) is 87.0. The highest BCUT2D eigenvalue weighted by atomic mass is 31.2. The van der Waals surface area contributed by atoms with Crippen molar-refractivity contribution in [1.82, 2.24) is 0 Å². The van der Waals surface area contributed by atoms with E-state index >= 15 is 0 Å². The van der Waals surface area contributed by atoms with Crippen LogP contribution in [0.5, 0.6) is 0 Å².